The Morgan fingerprint density at radius 1 is 1.39 bits per heavy atom. The van der Waals surface area contributed by atoms with Crippen LogP contribution in [-0.4, -0.2) is 23.8 Å². The van der Waals surface area contributed by atoms with Crippen LogP contribution >= 0.6 is 15.9 Å². The average Bonchev–Trinajstić information content (AvgIpc) is 2.29. The number of hydrogen-bond donors (Lipinski definition) is 1. The van der Waals surface area contributed by atoms with E-state index < -0.39 is 11.9 Å². The zero-order valence-electron chi connectivity index (χ0n) is 10.7. The lowest BCUT2D eigenvalue weighted by Crippen LogP contribution is -2.19. The third-order valence-electron chi connectivity index (χ3n) is 2.69. The number of hydrogen-bond acceptors (Lipinski definition) is 2. The topological polar surface area (TPSA) is 46.5 Å². The molecule has 3 nitrogen and oxygen atoms in total. The predicted octanol–water partition coefficient (Wildman–Crippen LogP) is 3.51. The van der Waals surface area contributed by atoms with Crippen LogP contribution in [0.5, 0.6) is 0 Å². The third kappa shape index (κ3) is 5.19. The van der Waals surface area contributed by atoms with E-state index in [0.717, 1.165) is 10.0 Å². The van der Waals surface area contributed by atoms with Gasteiger partial charge >= 0.3 is 5.97 Å². The summed E-state index contributed by atoms with van der Waals surface area (Å²) >= 11 is 3.44. The molecule has 100 valence electrons. The summed E-state index contributed by atoms with van der Waals surface area (Å²) in [6.07, 6.45) is 1.20. The van der Waals surface area contributed by atoms with Crippen molar-refractivity contribution in [2.45, 2.75) is 32.8 Å². The molecule has 1 N–H and O–H groups in total. The van der Waals surface area contributed by atoms with Crippen molar-refractivity contribution < 1.29 is 14.6 Å². The van der Waals surface area contributed by atoms with Gasteiger partial charge in [0.1, 0.15) is 0 Å². The highest BCUT2D eigenvalue weighted by Crippen LogP contribution is 2.21. The molecule has 1 unspecified atom stereocenters. The molecule has 0 heterocycles. The van der Waals surface area contributed by atoms with Gasteiger partial charge in [0.25, 0.3) is 0 Å². The van der Waals surface area contributed by atoms with E-state index >= 15 is 0 Å². The molecule has 4 heteroatoms. The number of ether oxygens (including phenoxy) is 1. The Morgan fingerprint density at radius 2 is 2.06 bits per heavy atom. The van der Waals surface area contributed by atoms with Crippen LogP contribution in [0, 0.1) is 5.92 Å². The second-order valence-electron chi connectivity index (χ2n) is 4.54. The summed E-state index contributed by atoms with van der Waals surface area (Å²) < 4.78 is 6.37. The molecule has 0 radical (unpaired) electrons. The molecule has 0 aliphatic carbocycles. The van der Waals surface area contributed by atoms with Crippen molar-refractivity contribution >= 4 is 21.9 Å². The monoisotopic (exact) mass is 314 g/mol. The fraction of sp³-hybridized carbons (Fsp3) is 0.500. The highest BCUT2D eigenvalue weighted by Gasteiger charge is 2.19. The lowest BCUT2D eigenvalue weighted by atomic mass is 9.97. The molecule has 0 aliphatic heterocycles. The van der Waals surface area contributed by atoms with E-state index in [9.17, 15) is 9.90 Å². The quantitative estimate of drug-likeness (QED) is 0.837. The number of rotatable bonds is 7. The van der Waals surface area contributed by atoms with Gasteiger partial charge in [-0.2, -0.15) is 0 Å². The number of carboxylic acids is 1. The van der Waals surface area contributed by atoms with Crippen molar-refractivity contribution in [3.05, 3.63) is 34.3 Å². The lowest BCUT2D eigenvalue weighted by Gasteiger charge is -2.14. The molecule has 0 spiro atoms. The summed E-state index contributed by atoms with van der Waals surface area (Å²) in [6, 6.07) is 7.72. The van der Waals surface area contributed by atoms with Crippen LogP contribution in [0.15, 0.2) is 28.7 Å². The average molecular weight is 315 g/mol. The van der Waals surface area contributed by atoms with Gasteiger partial charge in [0.2, 0.25) is 0 Å². The zero-order valence-corrected chi connectivity index (χ0v) is 12.3. The van der Waals surface area contributed by atoms with Crippen molar-refractivity contribution in [2.24, 2.45) is 5.92 Å². The summed E-state index contributed by atoms with van der Waals surface area (Å²) in [5.41, 5.74) is 1.02. The number of benzene rings is 1. The van der Waals surface area contributed by atoms with Gasteiger partial charge in [0.05, 0.1) is 12.0 Å². The molecule has 1 aromatic rings. The third-order valence-corrected chi connectivity index (χ3v) is 3.46. The number of aliphatic carboxylic acids is 1. The van der Waals surface area contributed by atoms with Crippen molar-refractivity contribution in [2.75, 3.05) is 6.61 Å². The Balaban J connectivity index is 2.58. The minimum atomic E-state index is -0.766. The van der Waals surface area contributed by atoms with Gasteiger partial charge in [0.15, 0.2) is 0 Å². The first-order valence-electron chi connectivity index (χ1n) is 6.08. The molecule has 0 aliphatic rings. The van der Waals surface area contributed by atoms with Gasteiger partial charge in [-0.25, -0.2) is 0 Å². The molecule has 0 fully saturated rings. The molecule has 0 aromatic heterocycles. The molecular formula is C14H19BrO3. The standard InChI is InChI=1S/C14H19BrO3/c1-10(2)18-8-7-12(14(16)17)9-11-5-3-4-6-13(11)15/h3-6,10,12H,7-9H2,1-2H3,(H,16,17). The second kappa shape index (κ2) is 7.54. The Morgan fingerprint density at radius 3 is 2.61 bits per heavy atom. The molecule has 0 amide bonds. The molecule has 0 saturated heterocycles. The van der Waals surface area contributed by atoms with Crippen molar-refractivity contribution in [3.63, 3.8) is 0 Å². The van der Waals surface area contributed by atoms with Crippen LogP contribution in [0.3, 0.4) is 0 Å². The van der Waals surface area contributed by atoms with Crippen LogP contribution in [0.25, 0.3) is 0 Å². The molecule has 18 heavy (non-hydrogen) atoms. The van der Waals surface area contributed by atoms with E-state index in [4.69, 9.17) is 4.74 Å². The minimum absolute atomic E-state index is 0.142. The predicted molar refractivity (Wildman–Crippen MR) is 74.7 cm³/mol. The van der Waals surface area contributed by atoms with Gasteiger partial charge in [0, 0.05) is 11.1 Å². The number of halogens is 1. The van der Waals surface area contributed by atoms with Gasteiger partial charge in [-0.05, 0) is 38.3 Å². The first-order valence-corrected chi connectivity index (χ1v) is 6.87. The Hall–Kier alpha value is -0.870. The summed E-state index contributed by atoms with van der Waals surface area (Å²) in [5, 5.41) is 9.22. The smallest absolute Gasteiger partial charge is 0.306 e. The van der Waals surface area contributed by atoms with Crippen molar-refractivity contribution in [1.82, 2.24) is 0 Å². The number of carbonyl (C=O) groups is 1. The molecule has 1 aromatic carbocycles. The maximum absolute atomic E-state index is 11.2. The van der Waals surface area contributed by atoms with E-state index in [1.54, 1.807) is 0 Å². The summed E-state index contributed by atoms with van der Waals surface area (Å²) in [6.45, 7) is 4.38. The molecule has 0 saturated carbocycles. The van der Waals surface area contributed by atoms with E-state index in [-0.39, 0.29) is 6.10 Å². The Labute approximate surface area is 116 Å². The van der Waals surface area contributed by atoms with Gasteiger partial charge in [-0.15, -0.1) is 0 Å². The van der Waals surface area contributed by atoms with Gasteiger partial charge < -0.3 is 9.84 Å². The van der Waals surface area contributed by atoms with E-state index in [1.807, 2.05) is 38.1 Å². The highest BCUT2D eigenvalue weighted by atomic mass is 79.9. The van der Waals surface area contributed by atoms with Crippen LogP contribution in [-0.2, 0) is 16.0 Å². The second-order valence-corrected chi connectivity index (χ2v) is 5.39. The van der Waals surface area contributed by atoms with Crippen molar-refractivity contribution in [1.29, 1.82) is 0 Å². The fourth-order valence-electron chi connectivity index (χ4n) is 1.69. The molecule has 0 bridgehead atoms. The van der Waals surface area contributed by atoms with E-state index in [1.165, 1.54) is 0 Å². The van der Waals surface area contributed by atoms with E-state index in [0.29, 0.717) is 19.4 Å². The van der Waals surface area contributed by atoms with Crippen molar-refractivity contribution in [3.8, 4) is 0 Å². The largest absolute Gasteiger partial charge is 0.481 e. The highest BCUT2D eigenvalue weighted by molar-refractivity contribution is 9.10. The van der Waals surface area contributed by atoms with Crippen LogP contribution in [0.4, 0.5) is 0 Å². The van der Waals surface area contributed by atoms with Crippen LogP contribution in [0.1, 0.15) is 25.8 Å². The summed E-state index contributed by atoms with van der Waals surface area (Å²) in [7, 11) is 0. The maximum Gasteiger partial charge on any atom is 0.306 e. The molecule has 1 atom stereocenters. The van der Waals surface area contributed by atoms with Crippen LogP contribution in [0.2, 0.25) is 0 Å². The first kappa shape index (κ1) is 15.2. The lowest BCUT2D eigenvalue weighted by molar-refractivity contribution is -0.142. The first-order chi connectivity index (χ1) is 8.50. The SMILES string of the molecule is CC(C)OCCC(Cc1ccccc1Br)C(=O)O. The number of carboxylic acid groups (broad SMARTS) is 1. The van der Waals surface area contributed by atoms with Gasteiger partial charge in [-0.1, -0.05) is 34.1 Å². The minimum Gasteiger partial charge on any atom is -0.481 e. The maximum atomic E-state index is 11.2. The molecular weight excluding hydrogens is 296 g/mol. The van der Waals surface area contributed by atoms with Crippen LogP contribution < -0.4 is 0 Å². The summed E-state index contributed by atoms with van der Waals surface area (Å²) in [5.74, 6) is -1.17. The molecule has 1 rings (SSSR count). The zero-order chi connectivity index (χ0) is 13.5. The fourth-order valence-corrected chi connectivity index (χ4v) is 2.13. The van der Waals surface area contributed by atoms with Gasteiger partial charge in [-0.3, -0.25) is 4.79 Å². The normalized spacial score (nSPS) is 12.7. The Bertz CT molecular complexity index is 390. The van der Waals surface area contributed by atoms with E-state index in [2.05, 4.69) is 15.9 Å². The summed E-state index contributed by atoms with van der Waals surface area (Å²) in [4.78, 5) is 11.2. The Kier molecular flexibility index (Phi) is 6.36.